The summed E-state index contributed by atoms with van der Waals surface area (Å²) >= 11 is 3.86. The molecule has 2 N–H and O–H groups in total. The second kappa shape index (κ2) is 6.07. The average molecular weight is 290 g/mol. The minimum Gasteiger partial charge on any atom is -0.326 e. The van der Waals surface area contributed by atoms with Gasteiger partial charge in [0.25, 0.3) is 0 Å². The summed E-state index contributed by atoms with van der Waals surface area (Å²) in [7, 11) is 0. The van der Waals surface area contributed by atoms with Gasteiger partial charge in [-0.2, -0.15) is 11.8 Å². The van der Waals surface area contributed by atoms with Gasteiger partial charge in [0.2, 0.25) is 0 Å². The monoisotopic (exact) mass is 290 g/mol. The second-order valence-electron chi connectivity index (χ2n) is 4.75. The fourth-order valence-corrected chi connectivity index (χ4v) is 4.92. The molecular weight excluding hydrogens is 272 g/mol. The van der Waals surface area contributed by atoms with Crippen LogP contribution in [0.5, 0.6) is 0 Å². The molecule has 100 valence electrons. The Morgan fingerprint density at radius 2 is 2.05 bits per heavy atom. The van der Waals surface area contributed by atoms with Crippen LogP contribution >= 0.6 is 23.1 Å². The minimum absolute atomic E-state index is 0.583. The lowest BCUT2D eigenvalue weighted by atomic mass is 10.1. The molecular formula is C15H18N2S2. The van der Waals surface area contributed by atoms with Crippen molar-refractivity contribution in [3.8, 4) is 11.3 Å². The quantitative estimate of drug-likeness (QED) is 0.919. The van der Waals surface area contributed by atoms with Gasteiger partial charge in [0.1, 0.15) is 5.01 Å². The normalized spacial score (nSPS) is 19.5. The number of aromatic nitrogens is 1. The topological polar surface area (TPSA) is 38.9 Å². The molecule has 1 aliphatic heterocycles. The highest BCUT2D eigenvalue weighted by atomic mass is 32.2. The molecule has 2 nitrogen and oxygen atoms in total. The number of thioether (sulfide) groups is 1. The van der Waals surface area contributed by atoms with Crippen LogP contribution in [0.15, 0.2) is 30.3 Å². The van der Waals surface area contributed by atoms with Crippen LogP contribution in [-0.4, -0.2) is 10.7 Å². The molecule has 1 atom stereocenters. The fraction of sp³-hybridized carbons (Fsp3) is 0.400. The van der Waals surface area contributed by atoms with E-state index in [9.17, 15) is 0 Å². The van der Waals surface area contributed by atoms with Crippen molar-refractivity contribution in [1.29, 1.82) is 0 Å². The summed E-state index contributed by atoms with van der Waals surface area (Å²) in [5, 5.41) is 1.85. The van der Waals surface area contributed by atoms with Crippen LogP contribution in [-0.2, 0) is 6.54 Å². The van der Waals surface area contributed by atoms with Gasteiger partial charge in [0, 0.05) is 17.0 Å². The van der Waals surface area contributed by atoms with Gasteiger partial charge in [-0.15, -0.1) is 11.3 Å². The van der Waals surface area contributed by atoms with E-state index >= 15 is 0 Å². The van der Waals surface area contributed by atoms with Gasteiger partial charge in [-0.25, -0.2) is 4.98 Å². The van der Waals surface area contributed by atoms with E-state index in [2.05, 4.69) is 36.0 Å². The summed E-state index contributed by atoms with van der Waals surface area (Å²) in [6.45, 7) is 0.583. The zero-order valence-electron chi connectivity index (χ0n) is 10.8. The third-order valence-corrected chi connectivity index (χ3v) is 6.13. The molecule has 4 heteroatoms. The molecule has 1 fully saturated rings. The molecule has 2 aromatic rings. The summed E-state index contributed by atoms with van der Waals surface area (Å²) < 4.78 is 0. The van der Waals surface area contributed by atoms with Crippen LogP contribution < -0.4 is 5.73 Å². The lowest BCUT2D eigenvalue weighted by molar-refractivity contribution is 0.684. The molecule has 1 aromatic heterocycles. The minimum atomic E-state index is 0.583. The Kier molecular flexibility index (Phi) is 4.21. The molecule has 1 aliphatic rings. The Labute approximate surface area is 122 Å². The first-order chi connectivity index (χ1) is 9.38. The maximum atomic E-state index is 5.89. The van der Waals surface area contributed by atoms with E-state index in [1.54, 1.807) is 11.3 Å². The molecule has 1 aromatic carbocycles. The summed E-state index contributed by atoms with van der Waals surface area (Å²) in [5.74, 6) is 1.27. The predicted octanol–water partition coefficient (Wildman–Crippen LogP) is 4.23. The zero-order chi connectivity index (χ0) is 13.1. The van der Waals surface area contributed by atoms with Crippen LogP contribution in [0.3, 0.4) is 0 Å². The van der Waals surface area contributed by atoms with Crippen molar-refractivity contribution in [3.05, 3.63) is 40.2 Å². The number of rotatable bonds is 3. The molecule has 0 aliphatic carbocycles. The number of nitrogens with two attached hydrogens (primary N) is 1. The van der Waals surface area contributed by atoms with Crippen LogP contribution in [0.1, 0.15) is 34.4 Å². The first-order valence-electron chi connectivity index (χ1n) is 6.75. The van der Waals surface area contributed by atoms with E-state index in [-0.39, 0.29) is 0 Å². The molecule has 1 saturated heterocycles. The molecule has 3 rings (SSSR count). The molecule has 0 saturated carbocycles. The largest absolute Gasteiger partial charge is 0.326 e. The first kappa shape index (κ1) is 13.2. The molecule has 0 spiro atoms. The highest BCUT2D eigenvalue weighted by Crippen LogP contribution is 2.42. The highest BCUT2D eigenvalue weighted by molar-refractivity contribution is 7.99. The molecule has 0 radical (unpaired) electrons. The maximum Gasteiger partial charge on any atom is 0.107 e. The van der Waals surface area contributed by atoms with Gasteiger partial charge in [-0.05, 0) is 18.6 Å². The molecule has 0 bridgehead atoms. The van der Waals surface area contributed by atoms with Crippen LogP contribution in [0.2, 0.25) is 0 Å². The highest BCUT2D eigenvalue weighted by Gasteiger charge is 2.21. The van der Waals surface area contributed by atoms with Gasteiger partial charge in [-0.3, -0.25) is 0 Å². The molecule has 19 heavy (non-hydrogen) atoms. The maximum absolute atomic E-state index is 5.89. The smallest absolute Gasteiger partial charge is 0.107 e. The third kappa shape index (κ3) is 2.86. The predicted molar refractivity (Wildman–Crippen MR) is 84.5 cm³/mol. The van der Waals surface area contributed by atoms with Gasteiger partial charge < -0.3 is 5.73 Å². The SMILES string of the molecule is NCc1sc(C2CCCCS2)nc1-c1ccccc1. The zero-order valence-corrected chi connectivity index (χ0v) is 12.5. The Balaban J connectivity index is 1.94. The van der Waals surface area contributed by atoms with E-state index in [0.717, 1.165) is 5.69 Å². The number of hydrogen-bond donors (Lipinski definition) is 1. The number of hydrogen-bond acceptors (Lipinski definition) is 4. The Morgan fingerprint density at radius 1 is 1.21 bits per heavy atom. The van der Waals surface area contributed by atoms with Crippen LogP contribution in [0.25, 0.3) is 11.3 Å². The second-order valence-corrected chi connectivity index (χ2v) is 7.18. The number of benzene rings is 1. The van der Waals surface area contributed by atoms with Crippen molar-refractivity contribution in [3.63, 3.8) is 0 Å². The standard InChI is InChI=1S/C15H18N2S2/c16-10-13-14(11-6-2-1-3-7-11)17-15(19-13)12-8-4-5-9-18-12/h1-3,6-7,12H,4-5,8-10,16H2. The summed E-state index contributed by atoms with van der Waals surface area (Å²) in [6, 6.07) is 10.4. The van der Waals surface area contributed by atoms with E-state index < -0.39 is 0 Å². The van der Waals surface area contributed by atoms with E-state index in [4.69, 9.17) is 10.7 Å². The van der Waals surface area contributed by atoms with Gasteiger partial charge in [-0.1, -0.05) is 36.8 Å². The van der Waals surface area contributed by atoms with Crippen molar-refractivity contribution < 1.29 is 0 Å². The van der Waals surface area contributed by atoms with Gasteiger partial charge in [0.05, 0.1) is 10.9 Å². The lowest BCUT2D eigenvalue weighted by Crippen LogP contribution is -2.01. The number of thiazole rings is 1. The van der Waals surface area contributed by atoms with E-state index in [1.807, 2.05) is 6.07 Å². The van der Waals surface area contributed by atoms with E-state index in [0.29, 0.717) is 11.8 Å². The molecule has 0 amide bonds. The van der Waals surface area contributed by atoms with Crippen LogP contribution in [0, 0.1) is 0 Å². The summed E-state index contributed by atoms with van der Waals surface area (Å²) in [4.78, 5) is 6.11. The summed E-state index contributed by atoms with van der Waals surface area (Å²) in [5.41, 5.74) is 8.17. The Bertz CT molecular complexity index is 530. The van der Waals surface area contributed by atoms with Crippen LogP contribution in [0.4, 0.5) is 0 Å². The molecule has 2 heterocycles. The van der Waals surface area contributed by atoms with Gasteiger partial charge >= 0.3 is 0 Å². The van der Waals surface area contributed by atoms with Gasteiger partial charge in [0.15, 0.2) is 0 Å². The fourth-order valence-electron chi connectivity index (χ4n) is 2.40. The van der Waals surface area contributed by atoms with Crippen molar-refractivity contribution >= 4 is 23.1 Å². The van der Waals surface area contributed by atoms with E-state index in [1.165, 1.54) is 40.5 Å². The Hall–Kier alpha value is -0.840. The lowest BCUT2D eigenvalue weighted by Gasteiger charge is -2.18. The number of nitrogens with zero attached hydrogens (tertiary/aromatic N) is 1. The molecule has 1 unspecified atom stereocenters. The Morgan fingerprint density at radius 3 is 2.74 bits per heavy atom. The first-order valence-corrected chi connectivity index (χ1v) is 8.61. The average Bonchev–Trinajstić information content (AvgIpc) is 2.93. The van der Waals surface area contributed by atoms with Crippen molar-refractivity contribution in [1.82, 2.24) is 4.98 Å². The third-order valence-electron chi connectivity index (χ3n) is 3.40. The summed E-state index contributed by atoms with van der Waals surface area (Å²) in [6.07, 6.45) is 3.94. The van der Waals surface area contributed by atoms with Crippen molar-refractivity contribution in [2.24, 2.45) is 5.73 Å². The van der Waals surface area contributed by atoms with Crippen molar-refractivity contribution in [2.45, 2.75) is 31.1 Å². The van der Waals surface area contributed by atoms with Crippen molar-refractivity contribution in [2.75, 3.05) is 5.75 Å².